The van der Waals surface area contributed by atoms with Crippen LogP contribution in [0.4, 0.5) is 5.69 Å². The van der Waals surface area contributed by atoms with Gasteiger partial charge in [0, 0.05) is 23.9 Å². The van der Waals surface area contributed by atoms with Crippen molar-refractivity contribution in [1.82, 2.24) is 4.72 Å². The van der Waals surface area contributed by atoms with Crippen LogP contribution in [0.1, 0.15) is 25.0 Å². The molecular formula is C16H26N2O2SSi. The van der Waals surface area contributed by atoms with Crippen LogP contribution in [0.3, 0.4) is 0 Å². The molecule has 4 nitrogen and oxygen atoms in total. The highest BCUT2D eigenvalue weighted by molar-refractivity contribution is 7.82. The van der Waals surface area contributed by atoms with E-state index in [1.807, 2.05) is 12.1 Å². The van der Waals surface area contributed by atoms with Gasteiger partial charge in [-0.25, -0.2) is 8.93 Å². The number of rotatable bonds is 7. The van der Waals surface area contributed by atoms with E-state index in [1.165, 1.54) is 12.5 Å². The molecule has 1 aromatic rings. The molecule has 1 amide bonds. The highest BCUT2D eigenvalue weighted by Crippen LogP contribution is 2.26. The van der Waals surface area contributed by atoms with Crippen LogP contribution in [-0.4, -0.2) is 31.7 Å². The zero-order valence-electron chi connectivity index (χ0n) is 14.0. The van der Waals surface area contributed by atoms with Crippen LogP contribution in [0.25, 0.3) is 5.57 Å². The molecule has 0 bridgehead atoms. The second kappa shape index (κ2) is 9.02. The number of anilines is 1. The first-order chi connectivity index (χ1) is 10.3. The molecule has 1 unspecified atom stereocenters. The number of carbonyl (C=O) groups is 1. The average molecular weight is 339 g/mol. The van der Waals surface area contributed by atoms with E-state index < -0.39 is 19.8 Å². The van der Waals surface area contributed by atoms with Gasteiger partial charge in [0.25, 0.3) is 0 Å². The standard InChI is InChI=1S/C16H26N2O2SSi/c1-12(11-22(4)5)15-10-14(8-9-21(20)17-3)6-7-16(15)18-13(2)19/h6-7,10-11,17,22H,8-9H2,1-5H3,(H,18,19). The van der Waals surface area contributed by atoms with Crippen LogP contribution < -0.4 is 10.0 Å². The molecule has 1 rings (SSSR count). The van der Waals surface area contributed by atoms with E-state index in [9.17, 15) is 9.00 Å². The summed E-state index contributed by atoms with van der Waals surface area (Å²) in [5.74, 6) is 0.511. The van der Waals surface area contributed by atoms with E-state index in [-0.39, 0.29) is 5.91 Å². The summed E-state index contributed by atoms with van der Waals surface area (Å²) in [6.07, 6.45) is 0.743. The Labute approximate surface area is 137 Å². The summed E-state index contributed by atoms with van der Waals surface area (Å²) in [5, 5.41) is 2.89. The summed E-state index contributed by atoms with van der Waals surface area (Å²) in [6.45, 7) is 8.14. The van der Waals surface area contributed by atoms with Gasteiger partial charge in [0.1, 0.15) is 0 Å². The van der Waals surface area contributed by atoms with Gasteiger partial charge < -0.3 is 5.32 Å². The number of hydrogen-bond acceptors (Lipinski definition) is 2. The first-order valence-corrected chi connectivity index (χ1v) is 11.8. The zero-order valence-corrected chi connectivity index (χ0v) is 16.0. The summed E-state index contributed by atoms with van der Waals surface area (Å²) in [4.78, 5) is 11.4. The fourth-order valence-electron chi connectivity index (χ4n) is 2.27. The van der Waals surface area contributed by atoms with E-state index in [0.717, 1.165) is 23.2 Å². The van der Waals surface area contributed by atoms with Crippen molar-refractivity contribution in [2.45, 2.75) is 33.4 Å². The largest absolute Gasteiger partial charge is 0.326 e. The van der Waals surface area contributed by atoms with Gasteiger partial charge in [0.2, 0.25) is 5.91 Å². The normalized spacial score (nSPS) is 13.3. The van der Waals surface area contributed by atoms with Crippen molar-refractivity contribution in [3.05, 3.63) is 35.0 Å². The van der Waals surface area contributed by atoms with E-state index in [0.29, 0.717) is 5.75 Å². The molecule has 22 heavy (non-hydrogen) atoms. The predicted octanol–water partition coefficient (Wildman–Crippen LogP) is 2.50. The molecular weight excluding hydrogens is 312 g/mol. The maximum Gasteiger partial charge on any atom is 0.221 e. The van der Waals surface area contributed by atoms with Crippen molar-refractivity contribution in [1.29, 1.82) is 0 Å². The fourth-order valence-corrected chi connectivity index (χ4v) is 4.08. The van der Waals surface area contributed by atoms with Gasteiger partial charge >= 0.3 is 0 Å². The Morgan fingerprint density at radius 2 is 2.00 bits per heavy atom. The Morgan fingerprint density at radius 1 is 1.32 bits per heavy atom. The molecule has 1 atom stereocenters. The van der Waals surface area contributed by atoms with Crippen LogP contribution in [0.5, 0.6) is 0 Å². The Morgan fingerprint density at radius 3 is 2.55 bits per heavy atom. The molecule has 0 fully saturated rings. The van der Waals surface area contributed by atoms with Crippen molar-refractivity contribution >= 4 is 37.0 Å². The van der Waals surface area contributed by atoms with Crippen LogP contribution >= 0.6 is 0 Å². The number of carbonyl (C=O) groups excluding carboxylic acids is 1. The monoisotopic (exact) mass is 338 g/mol. The Balaban J connectivity index is 3.10. The van der Waals surface area contributed by atoms with Crippen molar-refractivity contribution in [3.63, 3.8) is 0 Å². The maximum absolute atomic E-state index is 11.5. The van der Waals surface area contributed by atoms with Gasteiger partial charge in [0.05, 0.1) is 19.8 Å². The molecule has 0 heterocycles. The molecule has 0 saturated heterocycles. The first-order valence-electron chi connectivity index (χ1n) is 7.48. The van der Waals surface area contributed by atoms with Gasteiger partial charge in [-0.05, 0) is 43.7 Å². The quantitative estimate of drug-likeness (QED) is 0.751. The van der Waals surface area contributed by atoms with E-state index in [1.54, 1.807) is 7.05 Å². The molecule has 0 aliphatic rings. The lowest BCUT2D eigenvalue weighted by Gasteiger charge is -2.13. The minimum Gasteiger partial charge on any atom is -0.326 e. The maximum atomic E-state index is 11.5. The Hall–Kier alpha value is -1.24. The topological polar surface area (TPSA) is 58.2 Å². The van der Waals surface area contributed by atoms with Gasteiger partial charge in [-0.15, -0.1) is 0 Å². The number of hydrogen-bond donors (Lipinski definition) is 2. The number of nitrogens with one attached hydrogen (secondary N) is 2. The number of allylic oxidation sites excluding steroid dienone is 1. The first kappa shape index (κ1) is 18.8. The number of amides is 1. The van der Waals surface area contributed by atoms with Crippen LogP contribution in [0.15, 0.2) is 23.9 Å². The van der Waals surface area contributed by atoms with Crippen LogP contribution in [0.2, 0.25) is 13.1 Å². The lowest BCUT2D eigenvalue weighted by Crippen LogP contribution is -2.15. The molecule has 0 aromatic heterocycles. The predicted molar refractivity (Wildman–Crippen MR) is 99.0 cm³/mol. The van der Waals surface area contributed by atoms with Crippen LogP contribution in [-0.2, 0) is 22.2 Å². The smallest absolute Gasteiger partial charge is 0.221 e. The lowest BCUT2D eigenvalue weighted by molar-refractivity contribution is -0.114. The molecule has 0 aliphatic heterocycles. The second-order valence-corrected chi connectivity index (χ2v) is 9.99. The van der Waals surface area contributed by atoms with Gasteiger partial charge in [0.15, 0.2) is 0 Å². The number of benzene rings is 1. The van der Waals surface area contributed by atoms with Gasteiger partial charge in [-0.1, -0.05) is 24.9 Å². The van der Waals surface area contributed by atoms with Crippen molar-refractivity contribution in [2.75, 3.05) is 18.1 Å². The number of aryl methyl sites for hydroxylation is 1. The summed E-state index contributed by atoms with van der Waals surface area (Å²) in [7, 11) is -0.141. The molecule has 6 heteroatoms. The van der Waals surface area contributed by atoms with Crippen molar-refractivity contribution in [2.24, 2.45) is 0 Å². The van der Waals surface area contributed by atoms with Crippen LogP contribution in [0, 0.1) is 0 Å². The molecule has 1 aromatic carbocycles. The second-order valence-electron chi connectivity index (χ2n) is 5.66. The molecule has 0 aliphatic carbocycles. The SMILES string of the molecule is CNS(=O)CCc1ccc(NC(C)=O)c(C(C)=C[SiH](C)C)c1. The van der Waals surface area contributed by atoms with E-state index in [2.05, 4.69) is 41.8 Å². The summed E-state index contributed by atoms with van der Waals surface area (Å²) >= 11 is 0. The minimum absolute atomic E-state index is 0.0696. The minimum atomic E-state index is -0.996. The third kappa shape index (κ3) is 6.25. The van der Waals surface area contributed by atoms with E-state index >= 15 is 0 Å². The lowest BCUT2D eigenvalue weighted by atomic mass is 10.0. The highest BCUT2D eigenvalue weighted by atomic mass is 32.2. The third-order valence-electron chi connectivity index (χ3n) is 3.21. The Bertz CT molecular complexity index is 586. The van der Waals surface area contributed by atoms with Crippen molar-refractivity contribution < 1.29 is 9.00 Å². The molecule has 0 saturated carbocycles. The molecule has 0 spiro atoms. The van der Waals surface area contributed by atoms with E-state index in [4.69, 9.17) is 0 Å². The fraction of sp³-hybridized carbons (Fsp3) is 0.438. The van der Waals surface area contributed by atoms with Gasteiger partial charge in [-0.3, -0.25) is 4.79 Å². The third-order valence-corrected chi connectivity index (χ3v) is 5.40. The molecule has 0 radical (unpaired) electrons. The zero-order chi connectivity index (χ0) is 16.7. The summed E-state index contributed by atoms with van der Waals surface area (Å²) in [6, 6.07) is 6.02. The molecule has 122 valence electrons. The summed E-state index contributed by atoms with van der Waals surface area (Å²) < 4.78 is 14.2. The average Bonchev–Trinajstić information content (AvgIpc) is 2.44. The Kier molecular flexibility index (Phi) is 7.71. The van der Waals surface area contributed by atoms with Gasteiger partial charge in [-0.2, -0.15) is 0 Å². The van der Waals surface area contributed by atoms with Crippen molar-refractivity contribution in [3.8, 4) is 0 Å². The highest BCUT2D eigenvalue weighted by Gasteiger charge is 2.09. The summed E-state index contributed by atoms with van der Waals surface area (Å²) in [5.41, 5.74) is 6.54. The molecule has 2 N–H and O–H groups in total.